The van der Waals surface area contributed by atoms with Crippen LogP contribution in [0.4, 0.5) is 11.6 Å². The van der Waals surface area contributed by atoms with Gasteiger partial charge in [-0.25, -0.2) is 15.0 Å². The van der Waals surface area contributed by atoms with Crippen LogP contribution in [0.15, 0.2) is 30.6 Å². The summed E-state index contributed by atoms with van der Waals surface area (Å²) in [6.07, 6.45) is 2.74. The molecule has 0 aliphatic rings. The molecule has 0 aliphatic heterocycles. The molecule has 0 radical (unpaired) electrons. The maximum atomic E-state index is 5.08. The van der Waals surface area contributed by atoms with Crippen LogP contribution in [0.5, 0.6) is 0 Å². The summed E-state index contributed by atoms with van der Waals surface area (Å²) in [5.74, 6) is 1.60. The summed E-state index contributed by atoms with van der Waals surface area (Å²) in [5, 5.41) is 7.48. The standard InChI is InChI=1S/C19H23N7O/c1-20-19-16-17(26(2)11-22-16)12-10-14(24-18(12)25-19)13-6-4-7-15(23-13)21-8-5-9-27-3/h4,6-7,10-11H,5,8-9H2,1-3H3,(H,21,23)(H2,20,24,25). The van der Waals surface area contributed by atoms with E-state index in [1.807, 2.05) is 43.2 Å². The number of aryl methyl sites for hydroxylation is 1. The van der Waals surface area contributed by atoms with Crippen LogP contribution in [-0.4, -0.2) is 51.8 Å². The van der Waals surface area contributed by atoms with Gasteiger partial charge in [0.25, 0.3) is 0 Å². The minimum absolute atomic E-state index is 0.731. The van der Waals surface area contributed by atoms with Crippen molar-refractivity contribution in [3.63, 3.8) is 0 Å². The molecular formula is C19H23N7O. The molecule has 0 aliphatic carbocycles. The summed E-state index contributed by atoms with van der Waals surface area (Å²) in [7, 11) is 5.55. The van der Waals surface area contributed by atoms with E-state index >= 15 is 0 Å². The molecule has 8 nitrogen and oxygen atoms in total. The number of methoxy groups -OCH3 is 1. The van der Waals surface area contributed by atoms with E-state index < -0.39 is 0 Å². The summed E-state index contributed by atoms with van der Waals surface area (Å²) in [4.78, 5) is 17.3. The number of aromatic nitrogens is 5. The third kappa shape index (κ3) is 3.19. The largest absolute Gasteiger partial charge is 0.385 e. The Balaban J connectivity index is 1.72. The quantitative estimate of drug-likeness (QED) is 0.436. The molecule has 4 aromatic rings. The van der Waals surface area contributed by atoms with E-state index in [1.165, 1.54) is 0 Å². The van der Waals surface area contributed by atoms with Gasteiger partial charge in [-0.15, -0.1) is 0 Å². The number of fused-ring (bicyclic) bond motifs is 3. The highest BCUT2D eigenvalue weighted by Gasteiger charge is 2.15. The smallest absolute Gasteiger partial charge is 0.156 e. The van der Waals surface area contributed by atoms with Crippen molar-refractivity contribution >= 4 is 33.7 Å². The number of hydrogen-bond donors (Lipinski definition) is 3. The fraction of sp³-hybridized carbons (Fsp3) is 0.316. The van der Waals surface area contributed by atoms with Crippen LogP contribution in [0.25, 0.3) is 33.5 Å². The zero-order valence-electron chi connectivity index (χ0n) is 15.7. The molecule has 3 N–H and O–H groups in total. The zero-order valence-corrected chi connectivity index (χ0v) is 15.7. The highest BCUT2D eigenvalue weighted by atomic mass is 16.5. The molecule has 0 spiro atoms. The first-order valence-electron chi connectivity index (χ1n) is 8.93. The molecule has 0 bridgehead atoms. The van der Waals surface area contributed by atoms with E-state index in [0.29, 0.717) is 0 Å². The number of ether oxygens (including phenoxy) is 1. The molecule has 0 saturated heterocycles. The summed E-state index contributed by atoms with van der Waals surface area (Å²) in [6, 6.07) is 8.04. The second-order valence-electron chi connectivity index (χ2n) is 6.39. The van der Waals surface area contributed by atoms with E-state index in [1.54, 1.807) is 7.11 Å². The molecule has 0 aromatic carbocycles. The van der Waals surface area contributed by atoms with Gasteiger partial charge in [-0.1, -0.05) is 6.07 Å². The lowest BCUT2D eigenvalue weighted by Crippen LogP contribution is -2.06. The van der Waals surface area contributed by atoms with Crippen molar-refractivity contribution < 1.29 is 4.74 Å². The van der Waals surface area contributed by atoms with Gasteiger partial charge in [0.2, 0.25) is 0 Å². The minimum Gasteiger partial charge on any atom is -0.385 e. The lowest BCUT2D eigenvalue weighted by Gasteiger charge is -2.06. The van der Waals surface area contributed by atoms with E-state index in [9.17, 15) is 0 Å². The summed E-state index contributed by atoms with van der Waals surface area (Å²) >= 11 is 0. The Bertz CT molecular complexity index is 1080. The van der Waals surface area contributed by atoms with Gasteiger partial charge in [-0.2, -0.15) is 0 Å². The van der Waals surface area contributed by atoms with Crippen LogP contribution < -0.4 is 10.6 Å². The summed E-state index contributed by atoms with van der Waals surface area (Å²) in [6.45, 7) is 1.55. The average Bonchev–Trinajstić information content (AvgIpc) is 3.28. The van der Waals surface area contributed by atoms with Crippen molar-refractivity contribution in [2.45, 2.75) is 6.42 Å². The molecule has 0 atom stereocenters. The zero-order chi connectivity index (χ0) is 18.8. The molecule has 0 fully saturated rings. The van der Waals surface area contributed by atoms with Crippen LogP contribution >= 0.6 is 0 Å². The molecule has 140 valence electrons. The Labute approximate surface area is 157 Å². The molecule has 27 heavy (non-hydrogen) atoms. The highest BCUT2D eigenvalue weighted by Crippen LogP contribution is 2.31. The van der Waals surface area contributed by atoms with Gasteiger partial charge >= 0.3 is 0 Å². The van der Waals surface area contributed by atoms with Gasteiger partial charge < -0.3 is 24.9 Å². The number of imidazole rings is 1. The average molecular weight is 365 g/mol. The van der Waals surface area contributed by atoms with Gasteiger partial charge in [-0.05, 0) is 24.6 Å². The molecule has 0 saturated carbocycles. The lowest BCUT2D eigenvalue weighted by molar-refractivity contribution is 0.198. The topological polar surface area (TPSA) is 92.7 Å². The molecule has 8 heteroatoms. The Morgan fingerprint density at radius 3 is 2.96 bits per heavy atom. The predicted molar refractivity (Wildman–Crippen MR) is 108 cm³/mol. The first-order chi connectivity index (χ1) is 13.2. The fourth-order valence-corrected chi connectivity index (χ4v) is 3.23. The van der Waals surface area contributed by atoms with Crippen molar-refractivity contribution in [3.8, 4) is 11.4 Å². The van der Waals surface area contributed by atoms with E-state index in [0.717, 1.165) is 64.7 Å². The van der Waals surface area contributed by atoms with Crippen LogP contribution in [-0.2, 0) is 11.8 Å². The summed E-state index contributed by atoms with van der Waals surface area (Å²) in [5.41, 5.74) is 4.51. The Hall–Kier alpha value is -3.13. The van der Waals surface area contributed by atoms with E-state index in [4.69, 9.17) is 9.72 Å². The van der Waals surface area contributed by atoms with E-state index in [2.05, 4.69) is 31.7 Å². The van der Waals surface area contributed by atoms with Gasteiger partial charge in [-0.3, -0.25) is 0 Å². The number of pyridine rings is 2. The van der Waals surface area contributed by atoms with Crippen LogP contribution in [0.2, 0.25) is 0 Å². The lowest BCUT2D eigenvalue weighted by atomic mass is 10.2. The molecular weight excluding hydrogens is 342 g/mol. The number of anilines is 2. The molecule has 0 amide bonds. The number of H-pyrrole nitrogens is 1. The first-order valence-corrected chi connectivity index (χ1v) is 8.93. The Morgan fingerprint density at radius 2 is 2.15 bits per heavy atom. The van der Waals surface area contributed by atoms with Gasteiger partial charge in [0.05, 0.1) is 23.2 Å². The van der Waals surface area contributed by atoms with Crippen LogP contribution in [0.3, 0.4) is 0 Å². The van der Waals surface area contributed by atoms with Crippen LogP contribution in [0, 0.1) is 0 Å². The van der Waals surface area contributed by atoms with E-state index in [-0.39, 0.29) is 0 Å². The first kappa shape index (κ1) is 17.3. The van der Waals surface area contributed by atoms with Crippen molar-refractivity contribution in [2.75, 3.05) is 37.9 Å². The number of hydrogen-bond acceptors (Lipinski definition) is 6. The third-order valence-electron chi connectivity index (χ3n) is 4.53. The number of aromatic amines is 1. The number of nitrogens with zero attached hydrogens (tertiary/aromatic N) is 4. The molecule has 4 rings (SSSR count). The monoisotopic (exact) mass is 365 g/mol. The van der Waals surface area contributed by atoms with Crippen molar-refractivity contribution in [1.29, 1.82) is 0 Å². The minimum atomic E-state index is 0.731. The fourth-order valence-electron chi connectivity index (χ4n) is 3.23. The summed E-state index contributed by atoms with van der Waals surface area (Å²) < 4.78 is 7.09. The van der Waals surface area contributed by atoms with Gasteiger partial charge in [0.1, 0.15) is 17.0 Å². The molecule has 4 aromatic heterocycles. The molecule has 4 heterocycles. The number of nitrogens with one attached hydrogen (secondary N) is 3. The SMILES string of the molecule is CNc1nc2[nH]c(-c3cccc(NCCCOC)n3)cc2c2c1ncn2C. The number of rotatable bonds is 7. The van der Waals surface area contributed by atoms with Gasteiger partial charge in [0, 0.05) is 39.7 Å². The predicted octanol–water partition coefficient (Wildman–Crippen LogP) is 3.00. The third-order valence-corrected chi connectivity index (χ3v) is 4.53. The Morgan fingerprint density at radius 1 is 1.26 bits per heavy atom. The maximum absolute atomic E-state index is 5.08. The normalized spacial score (nSPS) is 11.4. The molecule has 0 unspecified atom stereocenters. The van der Waals surface area contributed by atoms with Gasteiger partial charge in [0.15, 0.2) is 5.82 Å². The Kier molecular flexibility index (Phi) is 4.64. The second-order valence-corrected chi connectivity index (χ2v) is 6.39. The van der Waals surface area contributed by atoms with Crippen molar-refractivity contribution in [1.82, 2.24) is 24.5 Å². The maximum Gasteiger partial charge on any atom is 0.156 e. The van der Waals surface area contributed by atoms with Crippen molar-refractivity contribution in [2.24, 2.45) is 7.05 Å². The van der Waals surface area contributed by atoms with Crippen LogP contribution in [0.1, 0.15) is 6.42 Å². The highest BCUT2D eigenvalue weighted by molar-refractivity contribution is 6.07. The second kappa shape index (κ2) is 7.24. The van der Waals surface area contributed by atoms with Crippen molar-refractivity contribution in [3.05, 3.63) is 30.6 Å².